The molecule has 3 rings (SSSR count). The molecule has 5 heteroatoms. The maximum Gasteiger partial charge on any atom is 0.243 e. The summed E-state index contributed by atoms with van der Waals surface area (Å²) in [5.74, 6) is -0.0509. The zero-order valence-corrected chi connectivity index (χ0v) is 18.5. The molecule has 1 aliphatic carbocycles. The summed E-state index contributed by atoms with van der Waals surface area (Å²) in [5, 5.41) is 3.21. The van der Waals surface area contributed by atoms with Gasteiger partial charge in [0.2, 0.25) is 11.8 Å². The van der Waals surface area contributed by atoms with Crippen molar-refractivity contribution in [3.63, 3.8) is 0 Å². The van der Waals surface area contributed by atoms with E-state index >= 15 is 0 Å². The van der Waals surface area contributed by atoms with Gasteiger partial charge in [0.05, 0.1) is 0 Å². The number of halogens is 1. The van der Waals surface area contributed by atoms with E-state index in [1.165, 1.54) is 0 Å². The Hall–Kier alpha value is -2.14. The van der Waals surface area contributed by atoms with Gasteiger partial charge in [-0.3, -0.25) is 9.59 Å². The summed E-state index contributed by atoms with van der Waals surface area (Å²) in [6.07, 6.45) is 5.25. The minimum atomic E-state index is -0.524. The smallest absolute Gasteiger partial charge is 0.243 e. The molecule has 0 saturated heterocycles. The van der Waals surface area contributed by atoms with Crippen molar-refractivity contribution in [2.24, 2.45) is 0 Å². The van der Waals surface area contributed by atoms with Gasteiger partial charge in [-0.05, 0) is 36.1 Å². The highest BCUT2D eigenvalue weighted by Gasteiger charge is 2.31. The fraction of sp³-hybridized carbons (Fsp3) is 0.417. The standard InChI is InChI=1S/C24H29BrN2O2/c1-2-23(28)27(17-19-11-8-12-20(25)15-19)22(16-18-9-4-3-5-10-18)24(29)26-21-13-6-7-14-21/h3-5,8-12,15,21-22H,2,6-7,13-14,16-17H2,1H3,(H,26,29). The molecule has 0 aromatic heterocycles. The van der Waals surface area contributed by atoms with Crippen molar-refractivity contribution < 1.29 is 9.59 Å². The van der Waals surface area contributed by atoms with Crippen LogP contribution in [0.3, 0.4) is 0 Å². The normalized spacial score (nSPS) is 15.1. The van der Waals surface area contributed by atoms with Crippen LogP contribution in [0.1, 0.15) is 50.2 Å². The van der Waals surface area contributed by atoms with Gasteiger partial charge in [0.1, 0.15) is 6.04 Å². The molecule has 1 atom stereocenters. The first-order chi connectivity index (χ1) is 14.1. The van der Waals surface area contributed by atoms with Gasteiger partial charge in [0, 0.05) is 29.9 Å². The summed E-state index contributed by atoms with van der Waals surface area (Å²) in [6, 6.07) is 17.6. The summed E-state index contributed by atoms with van der Waals surface area (Å²) in [5.41, 5.74) is 2.06. The Labute approximate surface area is 181 Å². The number of benzene rings is 2. The lowest BCUT2D eigenvalue weighted by molar-refractivity contribution is -0.141. The molecule has 0 bridgehead atoms. The average molecular weight is 457 g/mol. The monoisotopic (exact) mass is 456 g/mol. The largest absolute Gasteiger partial charge is 0.352 e. The summed E-state index contributed by atoms with van der Waals surface area (Å²) in [7, 11) is 0. The van der Waals surface area contributed by atoms with Crippen molar-refractivity contribution in [2.45, 2.75) is 64.1 Å². The average Bonchev–Trinajstić information content (AvgIpc) is 3.24. The van der Waals surface area contributed by atoms with Gasteiger partial charge in [0.15, 0.2) is 0 Å². The Morgan fingerprint density at radius 2 is 1.76 bits per heavy atom. The van der Waals surface area contributed by atoms with Crippen LogP contribution in [-0.4, -0.2) is 28.8 Å². The second-order valence-corrected chi connectivity index (χ2v) is 8.62. The highest BCUT2D eigenvalue weighted by atomic mass is 79.9. The van der Waals surface area contributed by atoms with Crippen molar-refractivity contribution in [3.05, 3.63) is 70.2 Å². The van der Waals surface area contributed by atoms with Crippen LogP contribution in [0.15, 0.2) is 59.1 Å². The fourth-order valence-corrected chi connectivity index (χ4v) is 4.40. The van der Waals surface area contributed by atoms with E-state index in [9.17, 15) is 9.59 Å². The third kappa shape index (κ3) is 6.17. The summed E-state index contributed by atoms with van der Waals surface area (Å²) in [6.45, 7) is 2.27. The Morgan fingerprint density at radius 1 is 1.07 bits per heavy atom. The molecule has 2 aromatic carbocycles. The van der Waals surface area contributed by atoms with Crippen LogP contribution in [0, 0.1) is 0 Å². The van der Waals surface area contributed by atoms with Crippen molar-refractivity contribution in [3.8, 4) is 0 Å². The molecule has 2 aromatic rings. The quantitative estimate of drug-likeness (QED) is 0.616. The van der Waals surface area contributed by atoms with Crippen molar-refractivity contribution >= 4 is 27.7 Å². The first-order valence-electron chi connectivity index (χ1n) is 10.4. The molecule has 1 fully saturated rings. The van der Waals surface area contributed by atoms with Crippen LogP contribution in [-0.2, 0) is 22.6 Å². The maximum atomic E-state index is 13.3. The van der Waals surface area contributed by atoms with Gasteiger partial charge in [-0.25, -0.2) is 0 Å². The highest BCUT2D eigenvalue weighted by molar-refractivity contribution is 9.10. The van der Waals surface area contributed by atoms with Crippen molar-refractivity contribution in [2.75, 3.05) is 0 Å². The van der Waals surface area contributed by atoms with Gasteiger partial charge in [-0.2, -0.15) is 0 Å². The van der Waals surface area contributed by atoms with Gasteiger partial charge < -0.3 is 10.2 Å². The maximum absolute atomic E-state index is 13.3. The number of nitrogens with one attached hydrogen (secondary N) is 1. The summed E-state index contributed by atoms with van der Waals surface area (Å²) in [4.78, 5) is 28.0. The van der Waals surface area contributed by atoms with E-state index in [4.69, 9.17) is 0 Å². The number of hydrogen-bond donors (Lipinski definition) is 1. The third-order valence-corrected chi connectivity index (χ3v) is 6.01. The zero-order chi connectivity index (χ0) is 20.6. The molecule has 1 aliphatic rings. The molecular weight excluding hydrogens is 428 g/mol. The number of carbonyl (C=O) groups excluding carboxylic acids is 2. The molecule has 0 heterocycles. The number of carbonyl (C=O) groups is 2. The number of hydrogen-bond acceptors (Lipinski definition) is 2. The lowest BCUT2D eigenvalue weighted by Gasteiger charge is -2.32. The lowest BCUT2D eigenvalue weighted by atomic mass is 10.0. The topological polar surface area (TPSA) is 49.4 Å². The first kappa shape index (κ1) is 21.6. The van der Waals surface area contributed by atoms with Crippen LogP contribution >= 0.6 is 15.9 Å². The van der Waals surface area contributed by atoms with E-state index in [1.54, 1.807) is 4.90 Å². The molecule has 0 spiro atoms. The van der Waals surface area contributed by atoms with Crippen LogP contribution in [0.5, 0.6) is 0 Å². The molecule has 1 unspecified atom stereocenters. The molecule has 1 N–H and O–H groups in total. The van der Waals surface area contributed by atoms with Crippen molar-refractivity contribution in [1.29, 1.82) is 0 Å². The number of nitrogens with zero attached hydrogens (tertiary/aromatic N) is 1. The Bertz CT molecular complexity index is 819. The molecular formula is C24H29BrN2O2. The van der Waals surface area contributed by atoms with E-state index in [0.29, 0.717) is 19.4 Å². The third-order valence-electron chi connectivity index (χ3n) is 5.52. The second kappa shape index (κ2) is 10.6. The predicted molar refractivity (Wildman–Crippen MR) is 119 cm³/mol. The Balaban J connectivity index is 1.87. The van der Waals surface area contributed by atoms with Gasteiger partial charge in [-0.1, -0.05) is 78.2 Å². The SMILES string of the molecule is CCC(=O)N(Cc1cccc(Br)c1)C(Cc1ccccc1)C(=O)NC1CCCC1. The second-order valence-electron chi connectivity index (χ2n) is 7.70. The summed E-state index contributed by atoms with van der Waals surface area (Å²) >= 11 is 3.50. The first-order valence-corrected chi connectivity index (χ1v) is 11.2. The van der Waals surface area contributed by atoms with Gasteiger partial charge >= 0.3 is 0 Å². The molecule has 29 heavy (non-hydrogen) atoms. The van der Waals surface area contributed by atoms with Crippen molar-refractivity contribution in [1.82, 2.24) is 10.2 Å². The minimum Gasteiger partial charge on any atom is -0.352 e. The van der Waals surface area contributed by atoms with E-state index in [-0.39, 0.29) is 17.9 Å². The van der Waals surface area contributed by atoms with E-state index in [1.807, 2.05) is 61.5 Å². The minimum absolute atomic E-state index is 0.00696. The highest BCUT2D eigenvalue weighted by Crippen LogP contribution is 2.21. The number of rotatable bonds is 8. The fourth-order valence-electron chi connectivity index (χ4n) is 3.96. The van der Waals surface area contributed by atoms with E-state index in [2.05, 4.69) is 21.2 Å². The Morgan fingerprint density at radius 3 is 2.41 bits per heavy atom. The molecule has 0 radical (unpaired) electrons. The molecule has 2 amide bonds. The molecule has 1 saturated carbocycles. The van der Waals surface area contributed by atoms with Gasteiger partial charge in [0.25, 0.3) is 0 Å². The lowest BCUT2D eigenvalue weighted by Crippen LogP contribution is -2.52. The zero-order valence-electron chi connectivity index (χ0n) is 16.9. The Kier molecular flexibility index (Phi) is 7.87. The van der Waals surface area contributed by atoms with E-state index < -0.39 is 6.04 Å². The summed E-state index contributed by atoms with van der Waals surface area (Å²) < 4.78 is 0.967. The van der Waals surface area contributed by atoms with Crippen LogP contribution in [0.4, 0.5) is 0 Å². The van der Waals surface area contributed by atoms with Crippen LogP contribution in [0.25, 0.3) is 0 Å². The predicted octanol–water partition coefficient (Wildman–Crippen LogP) is 4.86. The van der Waals surface area contributed by atoms with Crippen LogP contribution in [0.2, 0.25) is 0 Å². The number of amides is 2. The molecule has 4 nitrogen and oxygen atoms in total. The molecule has 0 aliphatic heterocycles. The van der Waals surface area contributed by atoms with Gasteiger partial charge in [-0.15, -0.1) is 0 Å². The van der Waals surface area contributed by atoms with E-state index in [0.717, 1.165) is 41.3 Å². The molecule has 154 valence electrons. The van der Waals surface area contributed by atoms with Crippen LogP contribution < -0.4 is 5.32 Å².